The lowest BCUT2D eigenvalue weighted by Crippen LogP contribution is -2.47. The highest BCUT2D eigenvalue weighted by Gasteiger charge is 2.19. The SMILES string of the molecule is CCCCCCCCCCCCCCCCCCCCCCCCCC(=O)OC(CCC)CCCCCC(=O)NCC(=O)NC(CO)C(=O)O. The first-order chi connectivity index (χ1) is 24.3. The number of unbranched alkanes of at least 4 members (excludes halogenated alkanes) is 24. The molecule has 0 aromatic carbocycles. The van der Waals surface area contributed by atoms with Crippen molar-refractivity contribution in [2.75, 3.05) is 13.2 Å². The van der Waals surface area contributed by atoms with Crippen molar-refractivity contribution in [1.29, 1.82) is 0 Å². The molecule has 0 saturated heterocycles. The topological polar surface area (TPSA) is 142 Å². The maximum absolute atomic E-state index is 12.4. The summed E-state index contributed by atoms with van der Waals surface area (Å²) in [7, 11) is 0. The summed E-state index contributed by atoms with van der Waals surface area (Å²) in [5, 5.41) is 22.4. The number of nitrogens with one attached hydrogen (secondary N) is 2. The number of aliphatic hydroxyl groups excluding tert-OH is 1. The summed E-state index contributed by atoms with van der Waals surface area (Å²) in [4.78, 5) is 47.0. The van der Waals surface area contributed by atoms with Crippen molar-refractivity contribution in [2.24, 2.45) is 0 Å². The smallest absolute Gasteiger partial charge is 0.328 e. The van der Waals surface area contributed by atoms with E-state index in [1.54, 1.807) is 0 Å². The molecule has 0 saturated carbocycles. The highest BCUT2D eigenvalue weighted by atomic mass is 16.5. The van der Waals surface area contributed by atoms with E-state index in [4.69, 9.17) is 14.9 Å². The Kier molecular flexibility index (Phi) is 35.0. The molecule has 0 radical (unpaired) electrons. The van der Waals surface area contributed by atoms with E-state index in [0.717, 1.165) is 44.9 Å². The molecule has 294 valence electrons. The predicted octanol–water partition coefficient (Wildman–Crippen LogP) is 9.71. The van der Waals surface area contributed by atoms with Gasteiger partial charge in [-0.1, -0.05) is 168 Å². The van der Waals surface area contributed by atoms with Crippen LogP contribution in [0.3, 0.4) is 0 Å². The Morgan fingerprint density at radius 1 is 0.520 bits per heavy atom. The minimum Gasteiger partial charge on any atom is -0.480 e. The third-order valence-electron chi connectivity index (χ3n) is 9.59. The Balaban J connectivity index is 3.61. The van der Waals surface area contributed by atoms with Gasteiger partial charge in [0, 0.05) is 12.8 Å². The molecule has 0 aliphatic rings. The van der Waals surface area contributed by atoms with Gasteiger partial charge in [0.2, 0.25) is 11.8 Å². The Morgan fingerprint density at radius 2 is 0.940 bits per heavy atom. The van der Waals surface area contributed by atoms with E-state index in [2.05, 4.69) is 24.5 Å². The summed E-state index contributed by atoms with van der Waals surface area (Å²) in [6.45, 7) is 3.31. The van der Waals surface area contributed by atoms with E-state index in [1.807, 2.05) is 0 Å². The quantitative estimate of drug-likeness (QED) is 0.0369. The van der Waals surface area contributed by atoms with Gasteiger partial charge in [-0.3, -0.25) is 14.4 Å². The Hall–Kier alpha value is -2.16. The molecule has 0 aliphatic carbocycles. The summed E-state index contributed by atoms with van der Waals surface area (Å²) in [5.41, 5.74) is 0. The minimum atomic E-state index is -1.39. The molecule has 2 atom stereocenters. The van der Waals surface area contributed by atoms with Gasteiger partial charge in [-0.15, -0.1) is 0 Å². The first kappa shape index (κ1) is 47.8. The summed E-state index contributed by atoms with van der Waals surface area (Å²) in [6.07, 6.45) is 36.7. The number of carbonyl (C=O) groups is 4. The molecule has 0 rings (SSSR count). The van der Waals surface area contributed by atoms with Crippen LogP contribution in [0, 0.1) is 0 Å². The number of carbonyl (C=O) groups excluding carboxylic acids is 3. The molecule has 4 N–H and O–H groups in total. The van der Waals surface area contributed by atoms with E-state index in [1.165, 1.54) is 135 Å². The Bertz CT molecular complexity index is 823. The molecular formula is C41H78N2O7. The maximum atomic E-state index is 12.4. The number of hydrogen-bond donors (Lipinski definition) is 4. The average Bonchev–Trinajstić information content (AvgIpc) is 3.09. The van der Waals surface area contributed by atoms with Crippen molar-refractivity contribution in [3.05, 3.63) is 0 Å². The molecule has 2 unspecified atom stereocenters. The number of amides is 2. The van der Waals surface area contributed by atoms with Crippen molar-refractivity contribution in [2.45, 2.75) is 225 Å². The van der Waals surface area contributed by atoms with Gasteiger partial charge in [-0.25, -0.2) is 4.79 Å². The summed E-state index contributed by atoms with van der Waals surface area (Å²) in [6, 6.07) is -1.39. The van der Waals surface area contributed by atoms with Crippen LogP contribution in [-0.4, -0.2) is 59.3 Å². The lowest BCUT2D eigenvalue weighted by Gasteiger charge is -2.17. The molecule has 2 amide bonds. The van der Waals surface area contributed by atoms with Crippen LogP contribution in [0.5, 0.6) is 0 Å². The van der Waals surface area contributed by atoms with Crippen molar-refractivity contribution in [3.8, 4) is 0 Å². The van der Waals surface area contributed by atoms with E-state index < -0.39 is 24.5 Å². The fourth-order valence-electron chi connectivity index (χ4n) is 6.42. The number of rotatable bonds is 38. The maximum Gasteiger partial charge on any atom is 0.328 e. The van der Waals surface area contributed by atoms with Gasteiger partial charge in [-0.05, 0) is 32.1 Å². The van der Waals surface area contributed by atoms with Crippen molar-refractivity contribution in [1.82, 2.24) is 10.6 Å². The fraction of sp³-hybridized carbons (Fsp3) is 0.902. The Morgan fingerprint density at radius 3 is 1.36 bits per heavy atom. The number of ether oxygens (including phenoxy) is 1. The number of carboxylic acid groups (broad SMARTS) is 1. The molecule has 0 heterocycles. The minimum absolute atomic E-state index is 0.0803. The zero-order chi connectivity index (χ0) is 36.9. The van der Waals surface area contributed by atoms with Gasteiger partial charge in [-0.2, -0.15) is 0 Å². The number of carboxylic acids is 1. The van der Waals surface area contributed by atoms with Crippen molar-refractivity contribution < 1.29 is 34.1 Å². The standard InChI is InChI=1S/C41H78N2O7/c1-3-5-6-7-8-9-10-11-12-13-14-15-16-17-18-19-20-21-22-23-24-25-29-33-40(47)50-36(30-4-2)31-27-26-28-32-38(45)42-34-39(46)43-37(35-44)41(48)49/h36-37,44H,3-35H2,1-2H3,(H,42,45)(H,43,46)(H,48,49). The molecule has 0 fully saturated rings. The lowest BCUT2D eigenvalue weighted by molar-refractivity contribution is -0.150. The number of aliphatic carboxylic acids is 1. The molecular weight excluding hydrogens is 632 g/mol. The van der Waals surface area contributed by atoms with Crippen molar-refractivity contribution >= 4 is 23.8 Å². The molecule has 9 nitrogen and oxygen atoms in total. The highest BCUT2D eigenvalue weighted by Crippen LogP contribution is 2.17. The van der Waals surface area contributed by atoms with Crippen LogP contribution >= 0.6 is 0 Å². The van der Waals surface area contributed by atoms with Crippen LogP contribution in [0.25, 0.3) is 0 Å². The van der Waals surface area contributed by atoms with Crippen LogP contribution in [0.2, 0.25) is 0 Å². The number of esters is 1. The first-order valence-electron chi connectivity index (χ1n) is 20.9. The number of hydrogen-bond acceptors (Lipinski definition) is 6. The van der Waals surface area contributed by atoms with E-state index in [0.29, 0.717) is 12.8 Å². The molecule has 0 aliphatic heterocycles. The van der Waals surface area contributed by atoms with Gasteiger partial charge in [0.1, 0.15) is 12.1 Å². The summed E-state index contributed by atoms with van der Waals surface area (Å²) in [5.74, 6) is -2.39. The Labute approximate surface area is 306 Å². The van der Waals surface area contributed by atoms with Gasteiger partial charge >= 0.3 is 11.9 Å². The van der Waals surface area contributed by atoms with Crippen LogP contribution in [0.1, 0.15) is 213 Å². The van der Waals surface area contributed by atoms with Crippen LogP contribution in [-0.2, 0) is 23.9 Å². The normalized spacial score (nSPS) is 12.4. The zero-order valence-electron chi connectivity index (χ0n) is 32.4. The van der Waals surface area contributed by atoms with Crippen molar-refractivity contribution in [3.63, 3.8) is 0 Å². The molecule has 0 spiro atoms. The largest absolute Gasteiger partial charge is 0.480 e. The monoisotopic (exact) mass is 711 g/mol. The van der Waals surface area contributed by atoms with Crippen LogP contribution in [0.15, 0.2) is 0 Å². The highest BCUT2D eigenvalue weighted by molar-refractivity contribution is 5.87. The average molecular weight is 711 g/mol. The number of aliphatic hydroxyl groups is 1. The second-order valence-corrected chi connectivity index (χ2v) is 14.4. The molecule has 9 heteroatoms. The first-order valence-corrected chi connectivity index (χ1v) is 20.9. The van der Waals surface area contributed by atoms with Gasteiger partial charge in [0.15, 0.2) is 0 Å². The van der Waals surface area contributed by atoms with Gasteiger partial charge in [0.25, 0.3) is 0 Å². The van der Waals surface area contributed by atoms with Crippen LogP contribution in [0.4, 0.5) is 0 Å². The summed E-state index contributed by atoms with van der Waals surface area (Å²) >= 11 is 0. The second-order valence-electron chi connectivity index (χ2n) is 14.4. The van der Waals surface area contributed by atoms with Gasteiger partial charge < -0.3 is 25.6 Å². The third-order valence-corrected chi connectivity index (χ3v) is 9.59. The fourth-order valence-corrected chi connectivity index (χ4v) is 6.42. The molecule has 0 aromatic rings. The summed E-state index contributed by atoms with van der Waals surface area (Å²) < 4.78 is 5.77. The zero-order valence-corrected chi connectivity index (χ0v) is 32.4. The van der Waals surface area contributed by atoms with Crippen LogP contribution < -0.4 is 10.6 Å². The predicted molar refractivity (Wildman–Crippen MR) is 204 cm³/mol. The molecule has 0 aromatic heterocycles. The molecule has 50 heavy (non-hydrogen) atoms. The van der Waals surface area contributed by atoms with E-state index in [9.17, 15) is 19.2 Å². The van der Waals surface area contributed by atoms with Gasteiger partial charge in [0.05, 0.1) is 13.2 Å². The van der Waals surface area contributed by atoms with E-state index in [-0.39, 0.29) is 30.9 Å². The molecule has 0 bridgehead atoms. The lowest BCUT2D eigenvalue weighted by atomic mass is 10.0. The third kappa shape index (κ3) is 33.0. The van der Waals surface area contributed by atoms with E-state index >= 15 is 0 Å². The second kappa shape index (κ2) is 36.6.